The zero-order valence-electron chi connectivity index (χ0n) is 13.5. The van der Waals surface area contributed by atoms with Crippen molar-refractivity contribution < 1.29 is 4.79 Å². The van der Waals surface area contributed by atoms with E-state index in [-0.39, 0.29) is 6.03 Å². The molecule has 23 heavy (non-hydrogen) atoms. The Labute approximate surface area is 136 Å². The van der Waals surface area contributed by atoms with Crippen molar-refractivity contribution in [3.63, 3.8) is 0 Å². The lowest BCUT2D eigenvalue weighted by Gasteiger charge is -2.33. The van der Waals surface area contributed by atoms with Gasteiger partial charge >= 0.3 is 6.03 Å². The molecule has 122 valence electrons. The fourth-order valence-corrected chi connectivity index (χ4v) is 2.73. The van der Waals surface area contributed by atoms with Gasteiger partial charge in [-0.1, -0.05) is 25.1 Å². The minimum absolute atomic E-state index is 0.00761. The first-order valence-corrected chi connectivity index (χ1v) is 8.10. The van der Waals surface area contributed by atoms with Gasteiger partial charge in [0.15, 0.2) is 0 Å². The van der Waals surface area contributed by atoms with Crippen molar-refractivity contribution in [2.75, 3.05) is 32.7 Å². The van der Waals surface area contributed by atoms with Crippen LogP contribution in [0, 0.1) is 0 Å². The lowest BCUT2D eigenvalue weighted by molar-refractivity contribution is 0.142. The molecule has 1 aliphatic rings. The van der Waals surface area contributed by atoms with Crippen molar-refractivity contribution in [2.24, 2.45) is 0 Å². The molecule has 1 saturated heterocycles. The molecule has 1 aromatic carbocycles. The Morgan fingerprint density at radius 1 is 1.17 bits per heavy atom. The molecule has 0 saturated carbocycles. The molecule has 0 spiro atoms. The number of carbonyl (C=O) groups is 1. The molecule has 0 unspecified atom stereocenters. The second kappa shape index (κ2) is 7.28. The molecule has 0 bridgehead atoms. The maximum Gasteiger partial charge on any atom is 0.317 e. The van der Waals surface area contributed by atoms with E-state index in [0.29, 0.717) is 6.54 Å². The number of rotatable bonds is 4. The van der Waals surface area contributed by atoms with Gasteiger partial charge in [0, 0.05) is 44.5 Å². The van der Waals surface area contributed by atoms with E-state index in [1.807, 2.05) is 46.1 Å². The van der Waals surface area contributed by atoms with Gasteiger partial charge < -0.3 is 15.1 Å². The van der Waals surface area contributed by atoms with Crippen LogP contribution < -0.4 is 5.32 Å². The molecule has 1 N–H and O–H groups in total. The van der Waals surface area contributed by atoms with Gasteiger partial charge in [-0.2, -0.15) is 5.10 Å². The number of carbonyl (C=O) groups excluding carboxylic acids is 1. The van der Waals surface area contributed by atoms with Gasteiger partial charge in [0.05, 0.1) is 11.9 Å². The third kappa shape index (κ3) is 3.90. The maximum atomic E-state index is 12.2. The summed E-state index contributed by atoms with van der Waals surface area (Å²) in [4.78, 5) is 16.4. The quantitative estimate of drug-likeness (QED) is 0.935. The van der Waals surface area contributed by atoms with Crippen LogP contribution in [-0.4, -0.2) is 58.3 Å². The summed E-state index contributed by atoms with van der Waals surface area (Å²) in [6.07, 6.45) is 3.74. The standard InChI is InChI=1S/C17H23N5O/c1-2-20-8-10-21(11-9-20)17(23)18-12-15-13-19-22(14-15)16-6-4-3-5-7-16/h3-7,13-14H,2,8-12H2,1H3,(H,18,23). The average Bonchev–Trinajstić information content (AvgIpc) is 3.09. The van der Waals surface area contributed by atoms with E-state index in [1.54, 1.807) is 6.20 Å². The van der Waals surface area contributed by atoms with Gasteiger partial charge in [0.25, 0.3) is 0 Å². The minimum Gasteiger partial charge on any atom is -0.334 e. The molecule has 1 aromatic heterocycles. The van der Waals surface area contributed by atoms with Crippen molar-refractivity contribution in [2.45, 2.75) is 13.5 Å². The maximum absolute atomic E-state index is 12.2. The molecule has 2 amide bonds. The highest BCUT2D eigenvalue weighted by Gasteiger charge is 2.19. The number of nitrogens with one attached hydrogen (secondary N) is 1. The Balaban J connectivity index is 1.51. The molecule has 3 rings (SSSR count). The van der Waals surface area contributed by atoms with E-state index < -0.39 is 0 Å². The van der Waals surface area contributed by atoms with E-state index in [4.69, 9.17) is 0 Å². The number of hydrogen-bond acceptors (Lipinski definition) is 3. The average molecular weight is 313 g/mol. The molecule has 0 aliphatic carbocycles. The van der Waals surface area contributed by atoms with Crippen molar-refractivity contribution in [3.8, 4) is 5.69 Å². The van der Waals surface area contributed by atoms with Crippen LogP contribution in [0.1, 0.15) is 12.5 Å². The predicted octanol–water partition coefficient (Wildman–Crippen LogP) is 1.72. The monoisotopic (exact) mass is 313 g/mol. The lowest BCUT2D eigenvalue weighted by Crippen LogP contribution is -2.51. The summed E-state index contributed by atoms with van der Waals surface area (Å²) in [5.74, 6) is 0. The van der Waals surface area contributed by atoms with Gasteiger partial charge in [0.2, 0.25) is 0 Å². The van der Waals surface area contributed by atoms with Crippen molar-refractivity contribution >= 4 is 6.03 Å². The number of urea groups is 1. The first kappa shape index (κ1) is 15.6. The Morgan fingerprint density at radius 2 is 1.91 bits per heavy atom. The van der Waals surface area contributed by atoms with E-state index in [0.717, 1.165) is 44.0 Å². The van der Waals surface area contributed by atoms with E-state index in [1.165, 1.54) is 0 Å². The Kier molecular flexibility index (Phi) is 4.92. The SMILES string of the molecule is CCN1CCN(C(=O)NCc2cnn(-c3ccccc3)c2)CC1. The van der Waals surface area contributed by atoms with E-state index >= 15 is 0 Å². The van der Waals surface area contributed by atoms with Gasteiger partial charge in [-0.25, -0.2) is 9.48 Å². The second-order valence-corrected chi connectivity index (χ2v) is 5.71. The molecular weight excluding hydrogens is 290 g/mol. The Morgan fingerprint density at radius 3 is 2.61 bits per heavy atom. The topological polar surface area (TPSA) is 53.4 Å². The van der Waals surface area contributed by atoms with Crippen molar-refractivity contribution in [1.29, 1.82) is 0 Å². The van der Waals surface area contributed by atoms with Crippen molar-refractivity contribution in [1.82, 2.24) is 24.9 Å². The van der Waals surface area contributed by atoms with Crippen LogP contribution in [0.4, 0.5) is 4.79 Å². The Hall–Kier alpha value is -2.34. The summed E-state index contributed by atoms with van der Waals surface area (Å²) in [5, 5.41) is 7.32. The van der Waals surface area contributed by atoms with Gasteiger partial charge in [0.1, 0.15) is 0 Å². The smallest absolute Gasteiger partial charge is 0.317 e. The molecule has 6 nitrogen and oxygen atoms in total. The number of hydrogen-bond donors (Lipinski definition) is 1. The number of nitrogens with zero attached hydrogens (tertiary/aromatic N) is 4. The van der Waals surface area contributed by atoms with Crippen LogP contribution in [0.5, 0.6) is 0 Å². The fourth-order valence-electron chi connectivity index (χ4n) is 2.73. The first-order chi connectivity index (χ1) is 11.3. The number of piperazine rings is 1. The summed E-state index contributed by atoms with van der Waals surface area (Å²) in [6.45, 7) is 7.20. The van der Waals surface area contributed by atoms with Crippen LogP contribution in [0.2, 0.25) is 0 Å². The van der Waals surface area contributed by atoms with Gasteiger partial charge in [-0.15, -0.1) is 0 Å². The molecule has 0 radical (unpaired) electrons. The lowest BCUT2D eigenvalue weighted by atomic mass is 10.3. The molecular formula is C17H23N5O. The number of para-hydroxylation sites is 1. The zero-order valence-corrected chi connectivity index (χ0v) is 13.5. The zero-order chi connectivity index (χ0) is 16.1. The summed E-state index contributed by atoms with van der Waals surface area (Å²) < 4.78 is 1.82. The van der Waals surface area contributed by atoms with Crippen LogP contribution in [0.25, 0.3) is 5.69 Å². The third-order valence-electron chi connectivity index (χ3n) is 4.21. The van der Waals surface area contributed by atoms with Crippen LogP contribution >= 0.6 is 0 Å². The number of aromatic nitrogens is 2. The van der Waals surface area contributed by atoms with E-state index in [9.17, 15) is 4.79 Å². The Bertz CT molecular complexity index is 631. The van der Waals surface area contributed by atoms with Crippen LogP contribution in [0.3, 0.4) is 0 Å². The van der Waals surface area contributed by atoms with Crippen LogP contribution in [-0.2, 0) is 6.54 Å². The summed E-state index contributed by atoms with van der Waals surface area (Å²) in [7, 11) is 0. The highest BCUT2D eigenvalue weighted by atomic mass is 16.2. The number of likely N-dealkylation sites (N-methyl/N-ethyl adjacent to an activating group) is 1. The molecule has 2 heterocycles. The van der Waals surface area contributed by atoms with Crippen molar-refractivity contribution in [3.05, 3.63) is 48.3 Å². The molecule has 1 fully saturated rings. The highest BCUT2D eigenvalue weighted by Crippen LogP contribution is 2.08. The number of benzene rings is 1. The summed E-state index contributed by atoms with van der Waals surface area (Å²) in [6, 6.07) is 9.95. The first-order valence-electron chi connectivity index (χ1n) is 8.10. The molecule has 1 aliphatic heterocycles. The predicted molar refractivity (Wildman–Crippen MR) is 89.5 cm³/mol. The molecule has 6 heteroatoms. The van der Waals surface area contributed by atoms with Gasteiger partial charge in [-0.05, 0) is 18.7 Å². The van der Waals surface area contributed by atoms with Crippen LogP contribution in [0.15, 0.2) is 42.7 Å². The number of amides is 2. The van der Waals surface area contributed by atoms with Gasteiger partial charge in [-0.3, -0.25) is 0 Å². The minimum atomic E-state index is 0.00761. The summed E-state index contributed by atoms with van der Waals surface area (Å²) >= 11 is 0. The molecule has 2 aromatic rings. The normalized spacial score (nSPS) is 15.6. The highest BCUT2D eigenvalue weighted by molar-refractivity contribution is 5.74. The van der Waals surface area contributed by atoms with E-state index in [2.05, 4.69) is 22.2 Å². The second-order valence-electron chi connectivity index (χ2n) is 5.71. The largest absolute Gasteiger partial charge is 0.334 e. The summed E-state index contributed by atoms with van der Waals surface area (Å²) in [5.41, 5.74) is 2.01. The fraction of sp³-hybridized carbons (Fsp3) is 0.412. The molecule has 0 atom stereocenters. The third-order valence-corrected chi connectivity index (χ3v) is 4.21.